The first-order valence-electron chi connectivity index (χ1n) is 7.10. The van der Waals surface area contributed by atoms with Crippen LogP contribution in [0.3, 0.4) is 0 Å². The largest absolute Gasteiger partial charge is 0.310 e. The monoisotopic (exact) mass is 249 g/mol. The molecule has 1 aromatic carbocycles. The van der Waals surface area contributed by atoms with Crippen LogP contribution in [-0.4, -0.2) is 6.04 Å². The Morgan fingerprint density at radius 3 is 2.78 bits per heavy atom. The highest BCUT2D eigenvalue weighted by Gasteiger charge is 2.30. The van der Waals surface area contributed by atoms with E-state index in [1.807, 2.05) is 13.0 Å². The van der Waals surface area contributed by atoms with Crippen molar-refractivity contribution < 1.29 is 4.39 Å². The van der Waals surface area contributed by atoms with Crippen LogP contribution in [0.15, 0.2) is 18.2 Å². The second-order valence-corrected chi connectivity index (χ2v) is 5.66. The van der Waals surface area contributed by atoms with E-state index in [1.165, 1.54) is 30.9 Å². The minimum atomic E-state index is -0.136. The van der Waals surface area contributed by atoms with Gasteiger partial charge in [0, 0.05) is 12.6 Å². The van der Waals surface area contributed by atoms with Gasteiger partial charge in [-0.05, 0) is 54.9 Å². The first kappa shape index (κ1) is 13.5. The summed E-state index contributed by atoms with van der Waals surface area (Å²) in [5.41, 5.74) is 2.25. The summed E-state index contributed by atoms with van der Waals surface area (Å²) in [6.07, 6.45) is 3.86. The fraction of sp³-hybridized carbons (Fsp3) is 0.625. The molecule has 0 spiro atoms. The van der Waals surface area contributed by atoms with E-state index in [9.17, 15) is 4.39 Å². The molecule has 1 fully saturated rings. The molecule has 1 N–H and O–H groups in total. The lowest BCUT2D eigenvalue weighted by atomic mass is 9.93. The Kier molecular flexibility index (Phi) is 4.39. The normalized spacial score (nSPS) is 27.7. The molecule has 1 aliphatic carbocycles. The maximum absolute atomic E-state index is 13.2. The van der Waals surface area contributed by atoms with Crippen LogP contribution in [0.5, 0.6) is 0 Å². The van der Waals surface area contributed by atoms with Crippen LogP contribution in [0, 0.1) is 24.6 Å². The second kappa shape index (κ2) is 5.83. The van der Waals surface area contributed by atoms with Crippen molar-refractivity contribution in [2.45, 2.75) is 52.6 Å². The van der Waals surface area contributed by atoms with E-state index in [2.05, 4.69) is 19.2 Å². The number of nitrogens with one attached hydrogen (secondary N) is 1. The highest BCUT2D eigenvalue weighted by atomic mass is 19.1. The third kappa shape index (κ3) is 2.92. The van der Waals surface area contributed by atoms with Gasteiger partial charge in [-0.15, -0.1) is 0 Å². The predicted octanol–water partition coefficient (Wildman–Crippen LogP) is 4.05. The van der Waals surface area contributed by atoms with Gasteiger partial charge in [0.05, 0.1) is 0 Å². The summed E-state index contributed by atoms with van der Waals surface area (Å²) in [5.74, 6) is 1.46. The highest BCUT2D eigenvalue weighted by molar-refractivity contribution is 5.26. The van der Waals surface area contributed by atoms with Gasteiger partial charge in [0.25, 0.3) is 0 Å². The van der Waals surface area contributed by atoms with E-state index in [0.717, 1.165) is 23.9 Å². The lowest BCUT2D eigenvalue weighted by molar-refractivity contribution is 0.344. The molecule has 100 valence electrons. The van der Waals surface area contributed by atoms with Crippen LogP contribution in [-0.2, 0) is 6.54 Å². The van der Waals surface area contributed by atoms with Crippen molar-refractivity contribution in [2.75, 3.05) is 0 Å². The highest BCUT2D eigenvalue weighted by Crippen LogP contribution is 2.34. The van der Waals surface area contributed by atoms with Gasteiger partial charge in [0.2, 0.25) is 0 Å². The third-order valence-electron chi connectivity index (χ3n) is 4.62. The van der Waals surface area contributed by atoms with E-state index in [-0.39, 0.29) is 5.82 Å². The quantitative estimate of drug-likeness (QED) is 0.849. The number of hydrogen-bond acceptors (Lipinski definition) is 1. The molecule has 1 nitrogen and oxygen atoms in total. The molecule has 0 saturated heterocycles. The third-order valence-corrected chi connectivity index (χ3v) is 4.62. The molecule has 0 bridgehead atoms. The smallest absolute Gasteiger partial charge is 0.123 e. The Balaban J connectivity index is 1.94. The summed E-state index contributed by atoms with van der Waals surface area (Å²) in [7, 11) is 0. The summed E-state index contributed by atoms with van der Waals surface area (Å²) >= 11 is 0. The van der Waals surface area contributed by atoms with E-state index < -0.39 is 0 Å². The molecule has 2 heteroatoms. The molecule has 3 atom stereocenters. The van der Waals surface area contributed by atoms with Gasteiger partial charge >= 0.3 is 0 Å². The van der Waals surface area contributed by atoms with Crippen molar-refractivity contribution in [3.63, 3.8) is 0 Å². The van der Waals surface area contributed by atoms with Crippen molar-refractivity contribution in [3.05, 3.63) is 35.1 Å². The molecule has 1 aromatic rings. The fourth-order valence-electron chi connectivity index (χ4n) is 3.18. The van der Waals surface area contributed by atoms with Crippen molar-refractivity contribution in [3.8, 4) is 0 Å². The Labute approximate surface area is 110 Å². The molecule has 2 rings (SSSR count). The number of halogens is 1. The summed E-state index contributed by atoms with van der Waals surface area (Å²) in [5, 5.41) is 3.61. The van der Waals surface area contributed by atoms with Crippen molar-refractivity contribution >= 4 is 0 Å². The van der Waals surface area contributed by atoms with Gasteiger partial charge in [-0.25, -0.2) is 4.39 Å². The van der Waals surface area contributed by atoms with Gasteiger partial charge in [-0.2, -0.15) is 0 Å². The van der Waals surface area contributed by atoms with Gasteiger partial charge in [-0.1, -0.05) is 26.3 Å². The number of aryl methyl sites for hydroxylation is 1. The molecule has 18 heavy (non-hydrogen) atoms. The van der Waals surface area contributed by atoms with Crippen molar-refractivity contribution in [1.29, 1.82) is 0 Å². The Hall–Kier alpha value is -0.890. The van der Waals surface area contributed by atoms with E-state index >= 15 is 0 Å². The molecule has 0 aromatic heterocycles. The molecular formula is C16H24FN. The Morgan fingerprint density at radius 1 is 1.33 bits per heavy atom. The summed E-state index contributed by atoms with van der Waals surface area (Å²) in [4.78, 5) is 0. The van der Waals surface area contributed by atoms with E-state index in [1.54, 1.807) is 6.07 Å². The number of hydrogen-bond donors (Lipinski definition) is 1. The number of rotatable bonds is 4. The summed E-state index contributed by atoms with van der Waals surface area (Å²) in [6, 6.07) is 5.64. The zero-order valence-electron chi connectivity index (χ0n) is 11.7. The minimum Gasteiger partial charge on any atom is -0.310 e. The molecule has 1 saturated carbocycles. The fourth-order valence-corrected chi connectivity index (χ4v) is 3.18. The first-order valence-corrected chi connectivity index (χ1v) is 7.10. The van der Waals surface area contributed by atoms with Gasteiger partial charge in [-0.3, -0.25) is 0 Å². The molecule has 1 aliphatic rings. The van der Waals surface area contributed by atoms with Gasteiger partial charge in [0.15, 0.2) is 0 Å². The molecule has 0 aliphatic heterocycles. The van der Waals surface area contributed by atoms with E-state index in [4.69, 9.17) is 0 Å². The summed E-state index contributed by atoms with van der Waals surface area (Å²) < 4.78 is 13.2. The predicted molar refractivity (Wildman–Crippen MR) is 73.9 cm³/mol. The second-order valence-electron chi connectivity index (χ2n) is 5.66. The minimum absolute atomic E-state index is 0.136. The van der Waals surface area contributed by atoms with Gasteiger partial charge in [0.1, 0.15) is 5.82 Å². The summed E-state index contributed by atoms with van der Waals surface area (Å²) in [6.45, 7) is 7.45. The maximum Gasteiger partial charge on any atom is 0.123 e. The average Bonchev–Trinajstić information content (AvgIpc) is 2.71. The topological polar surface area (TPSA) is 12.0 Å². The zero-order valence-corrected chi connectivity index (χ0v) is 11.7. The Morgan fingerprint density at radius 2 is 2.11 bits per heavy atom. The van der Waals surface area contributed by atoms with Crippen LogP contribution in [0.2, 0.25) is 0 Å². The molecule has 0 heterocycles. The SMILES string of the molecule is CCC1CCC(NCc2cc(F)ccc2C)C1C. The first-order chi connectivity index (χ1) is 8.61. The van der Waals surface area contributed by atoms with Crippen LogP contribution in [0.1, 0.15) is 44.2 Å². The molecular weight excluding hydrogens is 225 g/mol. The number of benzene rings is 1. The Bertz CT molecular complexity index is 402. The standard InChI is InChI=1S/C16H24FN/c1-4-13-6-8-16(12(13)3)18-10-14-9-15(17)7-5-11(14)2/h5,7,9,12-13,16,18H,4,6,8,10H2,1-3H3. The van der Waals surface area contributed by atoms with Crippen LogP contribution in [0.4, 0.5) is 4.39 Å². The van der Waals surface area contributed by atoms with Gasteiger partial charge < -0.3 is 5.32 Å². The van der Waals surface area contributed by atoms with Crippen molar-refractivity contribution in [1.82, 2.24) is 5.32 Å². The van der Waals surface area contributed by atoms with E-state index in [0.29, 0.717) is 6.04 Å². The molecule has 3 unspecified atom stereocenters. The molecule has 0 radical (unpaired) electrons. The van der Waals surface area contributed by atoms with Crippen LogP contribution in [0.25, 0.3) is 0 Å². The molecule has 0 amide bonds. The average molecular weight is 249 g/mol. The lowest BCUT2D eigenvalue weighted by Crippen LogP contribution is -2.32. The van der Waals surface area contributed by atoms with Crippen molar-refractivity contribution in [2.24, 2.45) is 11.8 Å². The maximum atomic E-state index is 13.2. The zero-order chi connectivity index (χ0) is 13.1. The van der Waals surface area contributed by atoms with Crippen LogP contribution < -0.4 is 5.32 Å². The lowest BCUT2D eigenvalue weighted by Gasteiger charge is -2.21. The van der Waals surface area contributed by atoms with Crippen LogP contribution >= 0.6 is 0 Å².